The summed E-state index contributed by atoms with van der Waals surface area (Å²) in [5.74, 6) is -2.58. The van der Waals surface area contributed by atoms with E-state index >= 15 is 0 Å². The van der Waals surface area contributed by atoms with Gasteiger partial charge in [0.05, 0.1) is 14.2 Å². The van der Waals surface area contributed by atoms with Gasteiger partial charge in [-0.3, -0.25) is 0 Å². The van der Waals surface area contributed by atoms with Gasteiger partial charge < -0.3 is 24.2 Å². The minimum Gasteiger partial charge on any atom is -0.493 e. The smallest absolute Gasteiger partial charge is 0.374 e. The van der Waals surface area contributed by atoms with Crippen molar-refractivity contribution in [3.63, 3.8) is 0 Å². The highest BCUT2D eigenvalue weighted by atomic mass is 16.5. The molecule has 0 aliphatic rings. The van der Waals surface area contributed by atoms with Crippen molar-refractivity contribution >= 4 is 11.9 Å². The van der Waals surface area contributed by atoms with Crippen LogP contribution in [0.25, 0.3) is 11.3 Å². The maximum absolute atomic E-state index is 11.3. The van der Waals surface area contributed by atoms with E-state index in [2.05, 4.69) is 9.68 Å². The Morgan fingerprint density at radius 3 is 2.29 bits per heavy atom. The Hall–Kier alpha value is -3.03. The number of nitrogens with zero attached hydrogens (tertiary/aromatic N) is 1. The van der Waals surface area contributed by atoms with Crippen LogP contribution in [0.1, 0.15) is 20.9 Å². The van der Waals surface area contributed by atoms with Crippen molar-refractivity contribution in [2.24, 2.45) is 0 Å². The minimum absolute atomic E-state index is 0.0655. The van der Waals surface area contributed by atoms with E-state index in [1.165, 1.54) is 32.4 Å². The second-order valence-electron chi connectivity index (χ2n) is 3.95. The predicted octanol–water partition coefficient (Wildman–Crippen LogP) is 1.76. The van der Waals surface area contributed by atoms with Crippen LogP contribution >= 0.6 is 0 Å². The van der Waals surface area contributed by atoms with E-state index in [1.54, 1.807) is 0 Å². The number of carboxylic acids is 2. The van der Waals surface area contributed by atoms with Crippen molar-refractivity contribution in [2.45, 2.75) is 0 Å². The number of carbonyl (C=O) groups is 2. The van der Waals surface area contributed by atoms with E-state index in [0.717, 1.165) is 0 Å². The van der Waals surface area contributed by atoms with Gasteiger partial charge in [-0.1, -0.05) is 5.16 Å². The van der Waals surface area contributed by atoms with Gasteiger partial charge in [-0.2, -0.15) is 0 Å². The summed E-state index contributed by atoms with van der Waals surface area (Å²) in [5, 5.41) is 21.6. The maximum atomic E-state index is 11.3. The summed E-state index contributed by atoms with van der Waals surface area (Å²) in [5.41, 5.74) is 0.379. The fourth-order valence-electron chi connectivity index (χ4n) is 1.78. The van der Waals surface area contributed by atoms with Gasteiger partial charge in [-0.15, -0.1) is 0 Å². The third kappa shape index (κ3) is 2.64. The first-order chi connectivity index (χ1) is 9.97. The van der Waals surface area contributed by atoms with E-state index in [1.807, 2.05) is 0 Å². The topological polar surface area (TPSA) is 119 Å². The van der Waals surface area contributed by atoms with Crippen LogP contribution in [0.15, 0.2) is 22.7 Å². The lowest BCUT2D eigenvalue weighted by molar-refractivity contribution is 0.0649. The molecule has 1 heterocycles. The Morgan fingerprint density at radius 2 is 1.81 bits per heavy atom. The summed E-state index contributed by atoms with van der Waals surface area (Å²) in [6, 6.07) is 3.97. The molecule has 0 amide bonds. The van der Waals surface area contributed by atoms with Gasteiger partial charge in [0.25, 0.3) is 0 Å². The molecule has 2 aromatic rings. The van der Waals surface area contributed by atoms with E-state index in [9.17, 15) is 14.7 Å². The Labute approximate surface area is 118 Å². The Bertz CT molecular complexity index is 705. The van der Waals surface area contributed by atoms with Gasteiger partial charge in [-0.05, 0) is 12.1 Å². The Balaban J connectivity index is 2.60. The number of hydrogen-bond acceptors (Lipinski definition) is 6. The molecular weight excluding hydrogens is 282 g/mol. The largest absolute Gasteiger partial charge is 0.493 e. The standard InChI is InChI=1S/C13H11NO7/c1-19-9-4-6(3-7(12(15)16)11(9)20-2)8-5-10(13(17)18)21-14-8/h3-5H,1-2H3,(H,15,16)(H,17,18). The monoisotopic (exact) mass is 293 g/mol. The fraction of sp³-hybridized carbons (Fsp3) is 0.154. The van der Waals surface area contributed by atoms with Crippen LogP contribution in [0.4, 0.5) is 0 Å². The van der Waals surface area contributed by atoms with Gasteiger partial charge in [0.2, 0.25) is 5.76 Å². The molecular formula is C13H11NO7. The van der Waals surface area contributed by atoms with Crippen molar-refractivity contribution in [3.05, 3.63) is 29.5 Å². The summed E-state index contributed by atoms with van der Waals surface area (Å²) < 4.78 is 14.7. The molecule has 0 aliphatic carbocycles. The second-order valence-corrected chi connectivity index (χ2v) is 3.95. The zero-order valence-electron chi connectivity index (χ0n) is 11.1. The molecule has 0 fully saturated rings. The lowest BCUT2D eigenvalue weighted by Gasteiger charge is -2.11. The third-order valence-electron chi connectivity index (χ3n) is 2.73. The quantitative estimate of drug-likeness (QED) is 0.855. The average Bonchev–Trinajstić information content (AvgIpc) is 2.95. The number of methoxy groups -OCH3 is 2. The number of benzene rings is 1. The second kappa shape index (κ2) is 5.53. The van der Waals surface area contributed by atoms with Gasteiger partial charge >= 0.3 is 11.9 Å². The summed E-state index contributed by atoms with van der Waals surface area (Å²) >= 11 is 0. The molecule has 110 valence electrons. The molecule has 8 nitrogen and oxygen atoms in total. The van der Waals surface area contributed by atoms with Gasteiger partial charge in [0, 0.05) is 11.6 Å². The summed E-state index contributed by atoms with van der Waals surface area (Å²) in [6.07, 6.45) is 0. The van der Waals surface area contributed by atoms with Crippen LogP contribution in [-0.4, -0.2) is 41.5 Å². The minimum atomic E-state index is -1.27. The van der Waals surface area contributed by atoms with Crippen LogP contribution in [0.5, 0.6) is 11.5 Å². The predicted molar refractivity (Wildman–Crippen MR) is 69.0 cm³/mol. The van der Waals surface area contributed by atoms with Gasteiger partial charge in [-0.25, -0.2) is 9.59 Å². The van der Waals surface area contributed by atoms with E-state index in [-0.39, 0.29) is 28.5 Å². The van der Waals surface area contributed by atoms with Crippen molar-refractivity contribution in [1.82, 2.24) is 5.16 Å². The lowest BCUT2D eigenvalue weighted by atomic mass is 10.1. The Kier molecular flexibility index (Phi) is 3.79. The van der Waals surface area contributed by atoms with Crippen LogP contribution in [0.3, 0.4) is 0 Å². The van der Waals surface area contributed by atoms with Crippen LogP contribution in [-0.2, 0) is 0 Å². The van der Waals surface area contributed by atoms with Crippen molar-refractivity contribution in [1.29, 1.82) is 0 Å². The summed E-state index contributed by atoms with van der Waals surface area (Å²) in [4.78, 5) is 22.0. The SMILES string of the molecule is COc1cc(-c2cc(C(=O)O)on2)cc(C(=O)O)c1OC. The number of hydrogen-bond donors (Lipinski definition) is 2. The molecule has 0 radical (unpaired) electrons. The molecule has 0 bridgehead atoms. The summed E-state index contributed by atoms with van der Waals surface area (Å²) in [6.45, 7) is 0. The molecule has 0 saturated carbocycles. The van der Waals surface area contributed by atoms with Crippen LogP contribution in [0.2, 0.25) is 0 Å². The zero-order valence-corrected chi connectivity index (χ0v) is 11.1. The number of aromatic carboxylic acids is 2. The highest BCUT2D eigenvalue weighted by molar-refractivity contribution is 5.94. The third-order valence-corrected chi connectivity index (χ3v) is 2.73. The van der Waals surface area contributed by atoms with E-state index in [4.69, 9.17) is 14.6 Å². The molecule has 0 spiro atoms. The number of aromatic nitrogens is 1. The first-order valence-electron chi connectivity index (χ1n) is 5.67. The van der Waals surface area contributed by atoms with E-state index in [0.29, 0.717) is 5.56 Å². The number of ether oxygens (including phenoxy) is 2. The number of carboxylic acid groups (broad SMARTS) is 2. The van der Waals surface area contributed by atoms with Crippen molar-refractivity contribution in [3.8, 4) is 22.8 Å². The molecule has 0 atom stereocenters. The highest BCUT2D eigenvalue weighted by Gasteiger charge is 2.20. The summed E-state index contributed by atoms with van der Waals surface area (Å²) in [7, 11) is 2.68. The zero-order chi connectivity index (χ0) is 15.6. The molecule has 0 unspecified atom stereocenters. The molecule has 8 heteroatoms. The average molecular weight is 293 g/mol. The molecule has 1 aromatic carbocycles. The first-order valence-corrected chi connectivity index (χ1v) is 5.67. The van der Waals surface area contributed by atoms with Crippen LogP contribution < -0.4 is 9.47 Å². The van der Waals surface area contributed by atoms with Gasteiger partial charge in [0.15, 0.2) is 11.5 Å². The molecule has 0 saturated heterocycles. The lowest BCUT2D eigenvalue weighted by Crippen LogP contribution is -2.03. The molecule has 1 aromatic heterocycles. The Morgan fingerprint density at radius 1 is 1.10 bits per heavy atom. The van der Waals surface area contributed by atoms with Gasteiger partial charge in [0.1, 0.15) is 11.3 Å². The first kappa shape index (κ1) is 14.4. The van der Waals surface area contributed by atoms with Crippen molar-refractivity contribution in [2.75, 3.05) is 14.2 Å². The molecule has 0 aliphatic heterocycles. The molecule has 2 rings (SSSR count). The maximum Gasteiger partial charge on any atom is 0.374 e. The molecule has 21 heavy (non-hydrogen) atoms. The van der Waals surface area contributed by atoms with E-state index < -0.39 is 11.9 Å². The normalized spacial score (nSPS) is 10.2. The fourth-order valence-corrected chi connectivity index (χ4v) is 1.78. The highest BCUT2D eigenvalue weighted by Crippen LogP contribution is 2.36. The molecule has 2 N–H and O–H groups in total. The van der Waals surface area contributed by atoms with Crippen molar-refractivity contribution < 1.29 is 33.8 Å². The number of rotatable bonds is 5. The van der Waals surface area contributed by atoms with Crippen LogP contribution in [0, 0.1) is 0 Å².